The Morgan fingerprint density at radius 2 is 1.90 bits per heavy atom. The first-order valence-electron chi connectivity index (χ1n) is 6.30. The number of aromatic carboxylic acids is 2. The first kappa shape index (κ1) is 15.1. The van der Waals surface area contributed by atoms with E-state index in [4.69, 9.17) is 11.6 Å². The van der Waals surface area contributed by atoms with Crippen LogP contribution < -0.4 is 0 Å². The van der Waals surface area contributed by atoms with Crippen LogP contribution in [-0.4, -0.2) is 31.9 Å². The predicted octanol–water partition coefficient (Wildman–Crippen LogP) is 2.87. The number of benzene rings is 1. The number of carbonyl (C=O) groups is 2. The summed E-state index contributed by atoms with van der Waals surface area (Å²) >= 11 is 6.10. The number of rotatable bonds is 5. The maximum atomic E-state index is 11.3. The lowest BCUT2D eigenvalue weighted by atomic mass is 10.1. The second kappa shape index (κ2) is 5.97. The van der Waals surface area contributed by atoms with E-state index in [1.165, 1.54) is 16.8 Å². The molecule has 21 heavy (non-hydrogen) atoms. The van der Waals surface area contributed by atoms with Crippen molar-refractivity contribution in [2.45, 2.75) is 19.8 Å². The highest BCUT2D eigenvalue weighted by Crippen LogP contribution is 2.26. The van der Waals surface area contributed by atoms with Gasteiger partial charge in [0.1, 0.15) is 10.7 Å². The lowest BCUT2D eigenvalue weighted by Crippen LogP contribution is -2.07. The minimum absolute atomic E-state index is 0.00175. The first-order valence-corrected chi connectivity index (χ1v) is 6.68. The van der Waals surface area contributed by atoms with Crippen molar-refractivity contribution in [2.75, 3.05) is 0 Å². The summed E-state index contributed by atoms with van der Waals surface area (Å²) in [4.78, 5) is 22.6. The molecule has 2 N–H and O–H groups in total. The summed E-state index contributed by atoms with van der Waals surface area (Å²) in [5.74, 6) is -2.31. The Balaban J connectivity index is 2.68. The third kappa shape index (κ3) is 2.75. The second-order valence-electron chi connectivity index (χ2n) is 4.40. The smallest absolute Gasteiger partial charge is 0.340 e. The topological polar surface area (TPSA) is 92.4 Å². The minimum atomic E-state index is -1.18. The number of halogens is 1. The molecule has 0 saturated carbocycles. The van der Waals surface area contributed by atoms with E-state index in [0.717, 1.165) is 0 Å². The van der Waals surface area contributed by atoms with Gasteiger partial charge in [-0.3, -0.25) is 0 Å². The van der Waals surface area contributed by atoms with Gasteiger partial charge in [-0.25, -0.2) is 14.3 Å². The number of aromatic nitrogens is 2. The highest BCUT2D eigenvalue weighted by atomic mass is 35.5. The van der Waals surface area contributed by atoms with Gasteiger partial charge in [-0.2, -0.15) is 5.10 Å². The summed E-state index contributed by atoms with van der Waals surface area (Å²) in [5.41, 5.74) is 0.496. The number of nitrogens with zero attached hydrogens (tertiary/aromatic N) is 2. The number of hydrogen-bond acceptors (Lipinski definition) is 3. The highest BCUT2D eigenvalue weighted by molar-refractivity contribution is 6.33. The standard InChI is InChI=1S/C14H13ClN2O4/c1-2-5-9-11(14(20)21)12(15)17(16-9)10-7-4-3-6-8(10)13(18)19/h3-4,6-7H,2,5H2,1H3,(H,18,19)(H,20,21). The molecule has 0 aliphatic rings. The van der Waals surface area contributed by atoms with Gasteiger partial charge in [0, 0.05) is 0 Å². The SMILES string of the molecule is CCCc1nn(-c2ccccc2C(=O)O)c(Cl)c1C(=O)O. The van der Waals surface area contributed by atoms with Crippen molar-refractivity contribution in [1.29, 1.82) is 0 Å². The van der Waals surface area contributed by atoms with Crippen molar-refractivity contribution in [3.05, 3.63) is 46.2 Å². The molecule has 1 heterocycles. The van der Waals surface area contributed by atoms with Crippen molar-refractivity contribution in [1.82, 2.24) is 9.78 Å². The van der Waals surface area contributed by atoms with Gasteiger partial charge in [0.05, 0.1) is 16.9 Å². The van der Waals surface area contributed by atoms with Crippen LogP contribution in [0, 0.1) is 0 Å². The van der Waals surface area contributed by atoms with Crippen LogP contribution in [0.2, 0.25) is 5.15 Å². The molecular weight excluding hydrogens is 296 g/mol. The monoisotopic (exact) mass is 308 g/mol. The van der Waals surface area contributed by atoms with Gasteiger partial charge in [-0.15, -0.1) is 0 Å². The molecule has 2 aromatic rings. The van der Waals surface area contributed by atoms with Crippen molar-refractivity contribution in [2.24, 2.45) is 0 Å². The Morgan fingerprint density at radius 1 is 1.24 bits per heavy atom. The van der Waals surface area contributed by atoms with Gasteiger partial charge in [0.25, 0.3) is 0 Å². The summed E-state index contributed by atoms with van der Waals surface area (Å²) in [6.45, 7) is 1.89. The van der Waals surface area contributed by atoms with Gasteiger partial charge in [0.15, 0.2) is 0 Å². The Bertz CT molecular complexity index is 709. The third-order valence-corrected chi connectivity index (χ3v) is 3.31. The van der Waals surface area contributed by atoms with Gasteiger partial charge in [0.2, 0.25) is 0 Å². The molecule has 1 aromatic carbocycles. The van der Waals surface area contributed by atoms with E-state index >= 15 is 0 Å². The maximum Gasteiger partial charge on any atom is 0.340 e. The first-order chi connectivity index (χ1) is 9.97. The molecule has 1 aromatic heterocycles. The molecule has 0 aliphatic carbocycles. The largest absolute Gasteiger partial charge is 0.478 e. The Kier molecular flexibility index (Phi) is 4.28. The van der Waals surface area contributed by atoms with E-state index in [2.05, 4.69) is 5.10 Å². The molecule has 110 valence electrons. The molecule has 0 aliphatic heterocycles. The van der Waals surface area contributed by atoms with E-state index in [9.17, 15) is 19.8 Å². The third-order valence-electron chi connectivity index (χ3n) is 2.96. The molecule has 0 atom stereocenters. The van der Waals surface area contributed by atoms with Crippen molar-refractivity contribution in [3.8, 4) is 5.69 Å². The number of carboxylic acids is 2. The number of aryl methyl sites for hydroxylation is 1. The number of hydrogen-bond donors (Lipinski definition) is 2. The fourth-order valence-corrected chi connectivity index (χ4v) is 2.38. The minimum Gasteiger partial charge on any atom is -0.478 e. The molecule has 6 nitrogen and oxygen atoms in total. The molecule has 7 heteroatoms. The van der Waals surface area contributed by atoms with Crippen molar-refractivity contribution >= 4 is 23.5 Å². The fourth-order valence-electron chi connectivity index (χ4n) is 2.06. The highest BCUT2D eigenvalue weighted by Gasteiger charge is 2.24. The lowest BCUT2D eigenvalue weighted by Gasteiger charge is -2.06. The van der Waals surface area contributed by atoms with Crippen LogP contribution in [0.5, 0.6) is 0 Å². The Hall–Kier alpha value is -2.34. The maximum absolute atomic E-state index is 11.3. The van der Waals surface area contributed by atoms with Gasteiger partial charge in [-0.05, 0) is 18.6 Å². The molecule has 0 unspecified atom stereocenters. The van der Waals surface area contributed by atoms with Crippen molar-refractivity contribution < 1.29 is 19.8 Å². The average Bonchev–Trinajstić information content (AvgIpc) is 2.76. The summed E-state index contributed by atoms with van der Waals surface area (Å²) in [7, 11) is 0. The van der Waals surface area contributed by atoms with Gasteiger partial charge >= 0.3 is 11.9 Å². The molecule has 0 bridgehead atoms. The number of para-hydroxylation sites is 1. The molecule has 0 amide bonds. The van der Waals surface area contributed by atoms with Crippen LogP contribution in [0.4, 0.5) is 0 Å². The van der Waals surface area contributed by atoms with Crippen LogP contribution >= 0.6 is 11.6 Å². The summed E-state index contributed by atoms with van der Waals surface area (Å²) in [5, 5.41) is 22.5. The average molecular weight is 309 g/mol. The Labute approximate surface area is 125 Å². The second-order valence-corrected chi connectivity index (χ2v) is 4.76. The summed E-state index contributed by atoms with van der Waals surface area (Å²) in [6, 6.07) is 6.16. The van der Waals surface area contributed by atoms with E-state index in [1.807, 2.05) is 6.92 Å². The van der Waals surface area contributed by atoms with Crippen LogP contribution in [0.15, 0.2) is 24.3 Å². The molecular formula is C14H13ClN2O4. The normalized spacial score (nSPS) is 10.6. The molecule has 2 rings (SSSR count). The van der Waals surface area contributed by atoms with E-state index < -0.39 is 11.9 Å². The zero-order valence-electron chi connectivity index (χ0n) is 11.2. The van der Waals surface area contributed by atoms with E-state index in [-0.39, 0.29) is 22.0 Å². The van der Waals surface area contributed by atoms with E-state index in [1.54, 1.807) is 12.1 Å². The zero-order valence-corrected chi connectivity index (χ0v) is 12.0. The van der Waals surface area contributed by atoms with Crippen molar-refractivity contribution in [3.63, 3.8) is 0 Å². The Morgan fingerprint density at radius 3 is 2.48 bits per heavy atom. The fraction of sp³-hybridized carbons (Fsp3) is 0.214. The molecule has 0 spiro atoms. The van der Waals surface area contributed by atoms with Gasteiger partial charge in [-0.1, -0.05) is 37.1 Å². The predicted molar refractivity (Wildman–Crippen MR) is 76.5 cm³/mol. The zero-order chi connectivity index (χ0) is 15.6. The van der Waals surface area contributed by atoms with E-state index in [0.29, 0.717) is 18.5 Å². The number of carboxylic acid groups (broad SMARTS) is 2. The summed E-state index contributed by atoms with van der Waals surface area (Å²) < 4.78 is 1.17. The van der Waals surface area contributed by atoms with Crippen LogP contribution in [0.1, 0.15) is 39.8 Å². The lowest BCUT2D eigenvalue weighted by molar-refractivity contribution is 0.0686. The molecule has 0 saturated heterocycles. The quantitative estimate of drug-likeness (QED) is 0.886. The summed E-state index contributed by atoms with van der Waals surface area (Å²) in [6.07, 6.45) is 1.15. The molecule has 0 fully saturated rings. The van der Waals surface area contributed by atoms with Crippen LogP contribution in [-0.2, 0) is 6.42 Å². The van der Waals surface area contributed by atoms with Gasteiger partial charge < -0.3 is 10.2 Å². The molecule has 0 radical (unpaired) electrons. The van der Waals surface area contributed by atoms with Crippen LogP contribution in [0.25, 0.3) is 5.69 Å². The van der Waals surface area contributed by atoms with Crippen LogP contribution in [0.3, 0.4) is 0 Å².